The van der Waals surface area contributed by atoms with Gasteiger partial charge in [-0.2, -0.15) is 0 Å². The van der Waals surface area contributed by atoms with Crippen LogP contribution in [0.25, 0.3) is 60.8 Å². The predicted molar refractivity (Wildman–Crippen MR) is 185 cm³/mol. The molecule has 0 fully saturated rings. The van der Waals surface area contributed by atoms with Crippen molar-refractivity contribution in [1.29, 1.82) is 0 Å². The van der Waals surface area contributed by atoms with E-state index in [0.29, 0.717) is 0 Å². The molecule has 1 atom stereocenters. The summed E-state index contributed by atoms with van der Waals surface area (Å²) in [4.78, 5) is 10.5. The second-order valence-electron chi connectivity index (χ2n) is 11.8. The van der Waals surface area contributed by atoms with Gasteiger partial charge in [0.05, 0.1) is 0 Å². The Balaban J connectivity index is 1.15. The van der Waals surface area contributed by atoms with Gasteiger partial charge in [-0.15, -0.1) is 0 Å². The number of anilines is 1. The van der Waals surface area contributed by atoms with Gasteiger partial charge in [-0.1, -0.05) is 109 Å². The van der Waals surface area contributed by atoms with Gasteiger partial charge in [0.2, 0.25) is 5.88 Å². The van der Waals surface area contributed by atoms with E-state index in [4.69, 9.17) is 14.4 Å². The molecule has 0 bridgehead atoms. The minimum absolute atomic E-state index is 0.415. The molecule has 0 radical (unpaired) electrons. The van der Waals surface area contributed by atoms with Crippen molar-refractivity contribution in [3.8, 4) is 22.3 Å². The number of nitrogens with one attached hydrogen (secondary N) is 2. The van der Waals surface area contributed by atoms with Gasteiger partial charge in [-0.3, -0.25) is 0 Å². The average Bonchev–Trinajstić information content (AvgIpc) is 3.65. The van der Waals surface area contributed by atoms with Crippen LogP contribution in [0.5, 0.6) is 0 Å². The normalized spacial score (nSPS) is 16.2. The van der Waals surface area contributed by atoms with E-state index in [1.54, 1.807) is 0 Å². The summed E-state index contributed by atoms with van der Waals surface area (Å²) in [5.74, 6) is 2.37. The van der Waals surface area contributed by atoms with Crippen LogP contribution in [0.2, 0.25) is 0 Å². The molecule has 2 N–H and O–H groups in total. The lowest BCUT2D eigenvalue weighted by molar-refractivity contribution is 0.628. The summed E-state index contributed by atoms with van der Waals surface area (Å²) in [5, 5.41) is 13.0. The first-order valence-electron chi connectivity index (χ1n) is 15.3. The Bertz CT molecular complexity index is 2480. The third-order valence-corrected chi connectivity index (χ3v) is 9.26. The fourth-order valence-corrected chi connectivity index (χ4v) is 7.18. The quantitative estimate of drug-likeness (QED) is 0.220. The number of aliphatic imine (C=N–C) groups is 2. The standard InChI is InChI=1S/C40H26N4O/c1-2-8-25-21-26(17-16-23(25)7-1)37-42-38(27-18-19-28-29-11-3-9-24-10-4-12-30(35(24)29)33(28)22-27)44-39(43-37)31-13-5-15-34-36(31)32-14-6-20-41-40(32)45-34/h1-19,21-22,37,41H,20H2,(H,42,43,44). The highest BCUT2D eigenvalue weighted by molar-refractivity contribution is 6.22. The Morgan fingerprint density at radius 1 is 0.600 bits per heavy atom. The van der Waals surface area contributed by atoms with E-state index in [2.05, 4.69) is 126 Å². The minimum Gasteiger partial charge on any atom is -0.440 e. The van der Waals surface area contributed by atoms with Gasteiger partial charge in [0, 0.05) is 28.6 Å². The van der Waals surface area contributed by atoms with E-state index in [9.17, 15) is 0 Å². The SMILES string of the molecule is C1=Cc2c(oc3cccc(C4=NC(c5ccc6ccccc6c5)N=C(c5ccc6c(c5)-c5cccc7cccc-6c57)N4)c23)NC1. The molecule has 1 aromatic heterocycles. The summed E-state index contributed by atoms with van der Waals surface area (Å²) < 4.78 is 6.23. The van der Waals surface area contributed by atoms with Crippen LogP contribution in [0.15, 0.2) is 136 Å². The van der Waals surface area contributed by atoms with E-state index in [1.807, 2.05) is 12.1 Å². The molecule has 7 aromatic rings. The summed E-state index contributed by atoms with van der Waals surface area (Å²) >= 11 is 0. The topological polar surface area (TPSA) is 61.9 Å². The van der Waals surface area contributed by atoms with Crippen LogP contribution in [-0.2, 0) is 0 Å². The zero-order chi connectivity index (χ0) is 29.5. The first kappa shape index (κ1) is 24.5. The van der Waals surface area contributed by atoms with Crippen molar-refractivity contribution in [3.63, 3.8) is 0 Å². The predicted octanol–water partition coefficient (Wildman–Crippen LogP) is 9.32. The number of hydrogen-bond donors (Lipinski definition) is 2. The van der Waals surface area contributed by atoms with Crippen molar-refractivity contribution < 1.29 is 4.42 Å². The van der Waals surface area contributed by atoms with Crippen LogP contribution >= 0.6 is 0 Å². The highest BCUT2D eigenvalue weighted by Gasteiger charge is 2.27. The maximum Gasteiger partial charge on any atom is 0.201 e. The maximum absolute atomic E-state index is 6.23. The van der Waals surface area contributed by atoms with Crippen molar-refractivity contribution in [3.05, 3.63) is 144 Å². The lowest BCUT2D eigenvalue weighted by Gasteiger charge is -2.23. The van der Waals surface area contributed by atoms with Gasteiger partial charge in [-0.05, 0) is 67.6 Å². The zero-order valence-corrected chi connectivity index (χ0v) is 24.2. The number of furan rings is 1. The molecule has 10 rings (SSSR count). The fourth-order valence-electron chi connectivity index (χ4n) is 7.18. The summed E-state index contributed by atoms with van der Waals surface area (Å²) in [6.07, 6.45) is 3.85. The Morgan fingerprint density at radius 3 is 2.29 bits per heavy atom. The lowest BCUT2D eigenvalue weighted by Crippen LogP contribution is -2.36. The van der Waals surface area contributed by atoms with Crippen LogP contribution in [0, 0.1) is 0 Å². The van der Waals surface area contributed by atoms with Crippen molar-refractivity contribution in [2.24, 2.45) is 9.98 Å². The molecule has 1 unspecified atom stereocenters. The first-order valence-corrected chi connectivity index (χ1v) is 15.3. The highest BCUT2D eigenvalue weighted by atomic mass is 16.3. The number of hydrogen-bond acceptors (Lipinski definition) is 5. The van der Waals surface area contributed by atoms with E-state index in [0.717, 1.165) is 57.3 Å². The van der Waals surface area contributed by atoms with Gasteiger partial charge in [0.25, 0.3) is 0 Å². The Kier molecular flexibility index (Phi) is 5.05. The van der Waals surface area contributed by atoms with Gasteiger partial charge in [0.1, 0.15) is 17.3 Å². The van der Waals surface area contributed by atoms with E-state index in [-0.39, 0.29) is 0 Å². The molecular weight excluding hydrogens is 552 g/mol. The van der Waals surface area contributed by atoms with Crippen molar-refractivity contribution >= 4 is 56.1 Å². The Morgan fingerprint density at radius 2 is 1.38 bits per heavy atom. The maximum atomic E-state index is 6.23. The molecular formula is C40H26N4O. The second-order valence-corrected chi connectivity index (χ2v) is 11.8. The molecule has 3 aliphatic rings. The van der Waals surface area contributed by atoms with Crippen LogP contribution in [0.3, 0.4) is 0 Å². The molecule has 0 spiro atoms. The van der Waals surface area contributed by atoms with Crippen LogP contribution < -0.4 is 10.6 Å². The molecule has 5 heteroatoms. The molecule has 0 saturated heterocycles. The second kappa shape index (κ2) is 9.28. The van der Waals surface area contributed by atoms with Crippen molar-refractivity contribution in [2.75, 3.05) is 11.9 Å². The van der Waals surface area contributed by atoms with Crippen molar-refractivity contribution in [2.45, 2.75) is 6.17 Å². The number of benzene rings is 6. The highest BCUT2D eigenvalue weighted by Crippen LogP contribution is 2.47. The Hall–Kier alpha value is -5.94. The smallest absolute Gasteiger partial charge is 0.201 e. The largest absolute Gasteiger partial charge is 0.440 e. The first-order chi connectivity index (χ1) is 22.3. The average molecular weight is 579 g/mol. The minimum atomic E-state index is -0.415. The summed E-state index contributed by atoms with van der Waals surface area (Å²) in [6, 6.07) is 41.0. The molecule has 3 heterocycles. The molecule has 2 aliphatic heterocycles. The van der Waals surface area contributed by atoms with Gasteiger partial charge >= 0.3 is 0 Å². The zero-order valence-electron chi connectivity index (χ0n) is 24.2. The number of rotatable bonds is 3. The molecule has 5 nitrogen and oxygen atoms in total. The molecule has 45 heavy (non-hydrogen) atoms. The molecule has 1 aliphatic carbocycles. The number of nitrogens with zero attached hydrogens (tertiary/aromatic N) is 2. The van der Waals surface area contributed by atoms with Gasteiger partial charge in [0.15, 0.2) is 6.17 Å². The molecule has 0 amide bonds. The molecule has 212 valence electrons. The number of fused-ring (bicyclic) bond motifs is 7. The van der Waals surface area contributed by atoms with E-state index >= 15 is 0 Å². The third kappa shape index (κ3) is 3.67. The van der Waals surface area contributed by atoms with Crippen molar-refractivity contribution in [1.82, 2.24) is 5.32 Å². The summed E-state index contributed by atoms with van der Waals surface area (Å²) in [7, 11) is 0. The van der Waals surface area contributed by atoms with Crippen LogP contribution in [0.1, 0.15) is 28.4 Å². The fraction of sp³-hybridized carbons (Fsp3) is 0.0500. The van der Waals surface area contributed by atoms with Gasteiger partial charge in [-0.25, -0.2) is 9.98 Å². The Labute approximate surface area is 259 Å². The summed E-state index contributed by atoms with van der Waals surface area (Å²) in [5.41, 5.74) is 9.99. The number of amidine groups is 2. The molecule has 6 aromatic carbocycles. The van der Waals surface area contributed by atoms with Gasteiger partial charge < -0.3 is 15.1 Å². The monoisotopic (exact) mass is 578 g/mol. The van der Waals surface area contributed by atoms with Crippen LogP contribution in [-0.4, -0.2) is 18.2 Å². The van der Waals surface area contributed by atoms with E-state index < -0.39 is 6.17 Å². The third-order valence-electron chi connectivity index (χ3n) is 9.26. The molecule has 0 saturated carbocycles. The lowest BCUT2D eigenvalue weighted by atomic mass is 9.99. The van der Waals surface area contributed by atoms with E-state index in [1.165, 1.54) is 43.8 Å². The van der Waals surface area contributed by atoms with Crippen LogP contribution in [0.4, 0.5) is 5.88 Å². The summed E-state index contributed by atoms with van der Waals surface area (Å²) in [6.45, 7) is 0.748.